The van der Waals surface area contributed by atoms with Crippen molar-refractivity contribution < 1.29 is 28.3 Å². The number of hydrogen-bond donors (Lipinski definition) is 1. The number of urea groups is 1. The van der Waals surface area contributed by atoms with Gasteiger partial charge in [-0.15, -0.1) is 0 Å². The highest BCUT2D eigenvalue weighted by Gasteiger charge is 2.45. The topological polar surface area (TPSA) is 122 Å². The molecule has 1 unspecified atom stereocenters. The highest BCUT2D eigenvalue weighted by molar-refractivity contribution is 6.30. The van der Waals surface area contributed by atoms with Gasteiger partial charge in [0, 0.05) is 11.4 Å². The van der Waals surface area contributed by atoms with Crippen LogP contribution >= 0.6 is 11.6 Å². The molecular weight excluding hydrogens is 452 g/mol. The Bertz CT molecular complexity index is 1130. The summed E-state index contributed by atoms with van der Waals surface area (Å²) in [6.07, 6.45) is 1.89. The lowest BCUT2D eigenvalue weighted by molar-refractivity contribution is -0.154. The number of hydrogen-bond acceptors (Lipinski definition) is 7. The Morgan fingerprint density at radius 2 is 1.97 bits per heavy atom. The van der Waals surface area contributed by atoms with Gasteiger partial charge in [0.25, 0.3) is 11.8 Å². The van der Waals surface area contributed by atoms with Crippen molar-refractivity contribution in [1.29, 1.82) is 0 Å². The lowest BCUT2D eigenvalue weighted by Gasteiger charge is -2.20. The van der Waals surface area contributed by atoms with Crippen LogP contribution in [-0.4, -0.2) is 58.1 Å². The molecule has 1 N–H and O–H groups in total. The number of benzene rings is 1. The zero-order chi connectivity index (χ0) is 23.8. The average molecular weight is 473 g/mol. The molecule has 10 nitrogen and oxygen atoms in total. The van der Waals surface area contributed by atoms with E-state index in [4.69, 9.17) is 20.8 Å². The number of carbonyl (C=O) groups excluding carboxylic acids is 4. The minimum atomic E-state index is -1.11. The van der Waals surface area contributed by atoms with Crippen LogP contribution in [0.5, 0.6) is 0 Å². The van der Waals surface area contributed by atoms with E-state index < -0.39 is 48.5 Å². The number of nitrogens with zero attached hydrogens (tertiary/aromatic N) is 3. The van der Waals surface area contributed by atoms with E-state index in [1.807, 2.05) is 0 Å². The van der Waals surface area contributed by atoms with Crippen LogP contribution in [0.3, 0.4) is 0 Å². The Labute approximate surface area is 194 Å². The maximum Gasteiger partial charge on any atom is 0.326 e. The normalized spacial score (nSPS) is 19.5. The predicted octanol–water partition coefficient (Wildman–Crippen LogP) is 2.48. The predicted molar refractivity (Wildman–Crippen MR) is 116 cm³/mol. The molecule has 11 heteroatoms. The van der Waals surface area contributed by atoms with Crippen LogP contribution in [0.4, 0.5) is 4.79 Å². The fourth-order valence-corrected chi connectivity index (χ4v) is 3.73. The van der Waals surface area contributed by atoms with Crippen molar-refractivity contribution in [3.63, 3.8) is 0 Å². The number of imide groups is 1. The molecule has 2 aliphatic heterocycles. The number of rotatable bonds is 6. The lowest BCUT2D eigenvalue weighted by atomic mass is 10.0. The van der Waals surface area contributed by atoms with Gasteiger partial charge in [0.05, 0.1) is 12.0 Å². The number of hydrazone groups is 1. The molecule has 1 atom stereocenters. The Morgan fingerprint density at radius 1 is 1.24 bits per heavy atom. The molecule has 3 heterocycles. The van der Waals surface area contributed by atoms with Crippen LogP contribution in [0.2, 0.25) is 5.02 Å². The molecule has 1 saturated heterocycles. The second-order valence-corrected chi connectivity index (χ2v) is 8.57. The zero-order valence-corrected chi connectivity index (χ0v) is 18.7. The molecule has 0 aliphatic carbocycles. The largest absolute Gasteiger partial charge is 0.467 e. The summed E-state index contributed by atoms with van der Waals surface area (Å²) in [4.78, 5) is 50.0. The summed E-state index contributed by atoms with van der Waals surface area (Å²) < 4.78 is 10.5. The number of furan rings is 1. The molecule has 1 fully saturated rings. The van der Waals surface area contributed by atoms with Gasteiger partial charge in [-0.05, 0) is 43.7 Å². The Balaban J connectivity index is 1.43. The first-order valence-corrected chi connectivity index (χ1v) is 10.5. The van der Waals surface area contributed by atoms with Crippen LogP contribution < -0.4 is 5.32 Å². The third-order valence-corrected chi connectivity index (χ3v) is 5.56. The van der Waals surface area contributed by atoms with E-state index in [1.165, 1.54) is 25.1 Å². The van der Waals surface area contributed by atoms with Crippen molar-refractivity contribution in [1.82, 2.24) is 15.2 Å². The fourth-order valence-electron chi connectivity index (χ4n) is 3.60. The van der Waals surface area contributed by atoms with Crippen LogP contribution in [0.1, 0.15) is 37.6 Å². The summed E-state index contributed by atoms with van der Waals surface area (Å²) in [6.45, 7) is 1.85. The van der Waals surface area contributed by atoms with E-state index in [2.05, 4.69) is 10.4 Å². The second kappa shape index (κ2) is 8.70. The zero-order valence-electron chi connectivity index (χ0n) is 17.9. The van der Waals surface area contributed by atoms with Gasteiger partial charge in [-0.25, -0.2) is 9.80 Å². The molecule has 1 aromatic carbocycles. The van der Waals surface area contributed by atoms with Crippen molar-refractivity contribution in [3.05, 3.63) is 59.0 Å². The average Bonchev–Trinajstić information content (AvgIpc) is 3.48. The smallest absolute Gasteiger partial charge is 0.326 e. The highest BCUT2D eigenvalue weighted by atomic mass is 35.5. The van der Waals surface area contributed by atoms with Gasteiger partial charge >= 0.3 is 12.0 Å². The lowest BCUT2D eigenvalue weighted by Crippen LogP contribution is -2.41. The second-order valence-electron chi connectivity index (χ2n) is 8.13. The van der Waals surface area contributed by atoms with E-state index in [0.717, 1.165) is 10.5 Å². The van der Waals surface area contributed by atoms with Crippen LogP contribution in [0.25, 0.3) is 0 Å². The van der Waals surface area contributed by atoms with Crippen molar-refractivity contribution in [2.75, 3.05) is 13.2 Å². The van der Waals surface area contributed by atoms with Gasteiger partial charge in [0.1, 0.15) is 23.9 Å². The maximum absolute atomic E-state index is 12.9. The first kappa shape index (κ1) is 22.5. The summed E-state index contributed by atoms with van der Waals surface area (Å²) in [7, 11) is 0. The van der Waals surface area contributed by atoms with E-state index in [0.29, 0.717) is 22.9 Å². The molecule has 2 aliphatic rings. The van der Waals surface area contributed by atoms with E-state index in [1.54, 1.807) is 36.4 Å². The molecule has 2 aromatic rings. The first-order valence-electron chi connectivity index (χ1n) is 10.1. The third kappa shape index (κ3) is 4.61. The van der Waals surface area contributed by atoms with E-state index in [-0.39, 0.29) is 0 Å². The van der Waals surface area contributed by atoms with Crippen LogP contribution in [-0.2, 0) is 19.1 Å². The molecule has 4 amide bonds. The number of carbonyl (C=O) groups is 4. The SMILES string of the molecule is CC1(C)NC(=O)N(CC(=O)OCC(=O)N2N=C(c3ccc(Cl)cc3)CC2c2ccco2)C1=O. The molecule has 0 radical (unpaired) electrons. The molecule has 4 rings (SSSR count). The fraction of sp³-hybridized carbons (Fsp3) is 0.318. The Morgan fingerprint density at radius 3 is 2.58 bits per heavy atom. The van der Waals surface area contributed by atoms with Gasteiger partial charge in [0.2, 0.25) is 0 Å². The maximum atomic E-state index is 12.9. The van der Waals surface area contributed by atoms with Gasteiger partial charge in [-0.2, -0.15) is 5.10 Å². The van der Waals surface area contributed by atoms with E-state index >= 15 is 0 Å². The van der Waals surface area contributed by atoms with Crippen molar-refractivity contribution in [2.45, 2.75) is 31.8 Å². The molecule has 0 bridgehead atoms. The minimum Gasteiger partial charge on any atom is -0.467 e. The Hall–Kier alpha value is -3.66. The molecule has 0 spiro atoms. The highest BCUT2D eigenvalue weighted by Crippen LogP contribution is 2.33. The summed E-state index contributed by atoms with van der Waals surface area (Å²) in [5, 5.41) is 8.69. The third-order valence-electron chi connectivity index (χ3n) is 5.30. The van der Waals surface area contributed by atoms with Gasteiger partial charge in [-0.3, -0.25) is 19.3 Å². The van der Waals surface area contributed by atoms with Crippen molar-refractivity contribution in [3.8, 4) is 0 Å². The number of nitrogens with one attached hydrogen (secondary N) is 1. The molecular formula is C22H21ClN4O6. The van der Waals surface area contributed by atoms with Crippen molar-refractivity contribution in [2.24, 2.45) is 5.10 Å². The number of esters is 1. The van der Waals surface area contributed by atoms with E-state index in [9.17, 15) is 19.2 Å². The molecule has 0 saturated carbocycles. The Kier molecular flexibility index (Phi) is 5.94. The summed E-state index contributed by atoms with van der Waals surface area (Å²) in [5.41, 5.74) is 0.338. The molecule has 33 heavy (non-hydrogen) atoms. The summed E-state index contributed by atoms with van der Waals surface area (Å²) in [6, 6.07) is 9.29. The van der Waals surface area contributed by atoms with Gasteiger partial charge in [-0.1, -0.05) is 23.7 Å². The summed E-state index contributed by atoms with van der Waals surface area (Å²) >= 11 is 5.96. The standard InChI is InChI=1S/C22H21ClN4O6/c1-22(2)20(30)26(21(31)24-22)11-19(29)33-12-18(28)27-16(17-4-3-9-32-17)10-15(25-27)13-5-7-14(23)8-6-13/h3-9,16H,10-12H2,1-2H3,(H,24,31). The molecule has 1 aromatic heterocycles. The number of ether oxygens (including phenoxy) is 1. The van der Waals surface area contributed by atoms with Gasteiger partial charge < -0.3 is 14.5 Å². The first-order chi connectivity index (χ1) is 15.7. The number of amides is 4. The van der Waals surface area contributed by atoms with Crippen LogP contribution in [0, 0.1) is 0 Å². The minimum absolute atomic E-state index is 0.395. The summed E-state index contributed by atoms with van der Waals surface area (Å²) in [5.74, 6) is -1.49. The molecule has 172 valence electrons. The van der Waals surface area contributed by atoms with Crippen molar-refractivity contribution >= 4 is 41.1 Å². The monoisotopic (exact) mass is 472 g/mol. The van der Waals surface area contributed by atoms with Gasteiger partial charge in [0.15, 0.2) is 6.61 Å². The number of halogens is 1. The van der Waals surface area contributed by atoms with Crippen LogP contribution in [0.15, 0.2) is 52.2 Å². The quantitative estimate of drug-likeness (QED) is 0.509.